The molecular formula is C8H22N2+2. The average molecular weight is 146 g/mol. The van der Waals surface area contributed by atoms with Gasteiger partial charge in [0.15, 0.2) is 0 Å². The Morgan fingerprint density at radius 1 is 0.800 bits per heavy atom. The minimum absolute atomic E-state index is 1.25. The first-order valence-electron chi connectivity index (χ1n) is 4.33. The first kappa shape index (κ1) is 9.92. The molecule has 2 N–H and O–H groups in total. The lowest BCUT2D eigenvalue weighted by atomic mass is 10.5. The third-order valence-corrected chi connectivity index (χ3v) is 2.19. The SMILES string of the molecule is CC[NH+](C)CC[NH+](C)CC. The zero-order valence-electron chi connectivity index (χ0n) is 7.83. The molecule has 0 bridgehead atoms. The van der Waals surface area contributed by atoms with Crippen LogP contribution in [0, 0.1) is 0 Å². The van der Waals surface area contributed by atoms with Crippen molar-refractivity contribution in [3.8, 4) is 0 Å². The van der Waals surface area contributed by atoms with E-state index in [0.717, 1.165) is 0 Å². The Morgan fingerprint density at radius 3 is 1.30 bits per heavy atom. The Morgan fingerprint density at radius 2 is 1.10 bits per heavy atom. The molecule has 0 spiro atoms. The molecular weight excluding hydrogens is 124 g/mol. The predicted octanol–water partition coefficient (Wildman–Crippen LogP) is -1.94. The molecule has 0 aromatic heterocycles. The van der Waals surface area contributed by atoms with Crippen LogP contribution >= 0.6 is 0 Å². The number of likely N-dealkylation sites (N-methyl/N-ethyl adjacent to an activating group) is 2. The van der Waals surface area contributed by atoms with Crippen molar-refractivity contribution in [2.45, 2.75) is 13.8 Å². The third-order valence-electron chi connectivity index (χ3n) is 2.19. The zero-order valence-corrected chi connectivity index (χ0v) is 7.83. The van der Waals surface area contributed by atoms with Crippen LogP contribution in [0.3, 0.4) is 0 Å². The van der Waals surface area contributed by atoms with Crippen LogP contribution in [0.2, 0.25) is 0 Å². The van der Waals surface area contributed by atoms with Crippen LogP contribution in [0.4, 0.5) is 0 Å². The Hall–Kier alpha value is -0.0800. The molecule has 10 heavy (non-hydrogen) atoms. The molecule has 0 heterocycles. The highest BCUT2D eigenvalue weighted by molar-refractivity contribution is 4.19. The Bertz CT molecular complexity index is 63.7. The molecule has 0 rings (SSSR count). The quantitative estimate of drug-likeness (QED) is 0.446. The lowest BCUT2D eigenvalue weighted by molar-refractivity contribution is -0.936. The van der Waals surface area contributed by atoms with E-state index in [9.17, 15) is 0 Å². The fourth-order valence-electron chi connectivity index (χ4n) is 0.780. The van der Waals surface area contributed by atoms with Crippen LogP contribution in [-0.4, -0.2) is 40.3 Å². The first-order chi connectivity index (χ1) is 4.70. The van der Waals surface area contributed by atoms with Crippen molar-refractivity contribution in [1.29, 1.82) is 0 Å². The van der Waals surface area contributed by atoms with Crippen LogP contribution in [-0.2, 0) is 0 Å². The molecule has 2 unspecified atom stereocenters. The average Bonchev–Trinajstić information content (AvgIpc) is 1.99. The van der Waals surface area contributed by atoms with E-state index in [2.05, 4.69) is 27.9 Å². The summed E-state index contributed by atoms with van der Waals surface area (Å²) in [6.07, 6.45) is 0. The molecule has 0 aliphatic carbocycles. The molecule has 0 aliphatic heterocycles. The van der Waals surface area contributed by atoms with E-state index in [1.165, 1.54) is 26.2 Å². The molecule has 0 saturated carbocycles. The number of hydrogen-bond acceptors (Lipinski definition) is 0. The van der Waals surface area contributed by atoms with Crippen molar-refractivity contribution < 1.29 is 9.80 Å². The summed E-state index contributed by atoms with van der Waals surface area (Å²) in [6.45, 7) is 9.56. The summed E-state index contributed by atoms with van der Waals surface area (Å²) in [7, 11) is 4.51. The van der Waals surface area contributed by atoms with Crippen molar-refractivity contribution in [3.63, 3.8) is 0 Å². The van der Waals surface area contributed by atoms with Gasteiger partial charge in [-0.2, -0.15) is 0 Å². The number of nitrogens with one attached hydrogen (secondary N) is 2. The predicted molar refractivity (Wildman–Crippen MR) is 44.6 cm³/mol. The summed E-state index contributed by atoms with van der Waals surface area (Å²) >= 11 is 0. The van der Waals surface area contributed by atoms with Gasteiger partial charge < -0.3 is 9.80 Å². The molecule has 2 nitrogen and oxygen atoms in total. The van der Waals surface area contributed by atoms with Crippen LogP contribution in [0.25, 0.3) is 0 Å². The second kappa shape index (κ2) is 5.69. The second-order valence-electron chi connectivity index (χ2n) is 3.12. The molecule has 0 aliphatic rings. The monoisotopic (exact) mass is 146 g/mol. The normalized spacial score (nSPS) is 16.8. The molecule has 0 fully saturated rings. The first-order valence-corrected chi connectivity index (χ1v) is 4.33. The third kappa shape index (κ3) is 4.77. The van der Waals surface area contributed by atoms with Gasteiger partial charge in [0.1, 0.15) is 13.1 Å². The van der Waals surface area contributed by atoms with Crippen molar-refractivity contribution in [1.82, 2.24) is 0 Å². The van der Waals surface area contributed by atoms with Crippen molar-refractivity contribution in [3.05, 3.63) is 0 Å². The molecule has 0 radical (unpaired) electrons. The maximum Gasteiger partial charge on any atom is 0.127 e. The van der Waals surface area contributed by atoms with Gasteiger partial charge in [-0.15, -0.1) is 0 Å². The van der Waals surface area contributed by atoms with E-state index < -0.39 is 0 Å². The molecule has 2 atom stereocenters. The maximum atomic E-state index is 2.25. The van der Waals surface area contributed by atoms with Crippen molar-refractivity contribution in [2.75, 3.05) is 40.3 Å². The highest BCUT2D eigenvalue weighted by atomic mass is 15.2. The van der Waals surface area contributed by atoms with Crippen molar-refractivity contribution in [2.24, 2.45) is 0 Å². The van der Waals surface area contributed by atoms with Gasteiger partial charge in [-0.1, -0.05) is 0 Å². The van der Waals surface area contributed by atoms with Crippen molar-refractivity contribution >= 4 is 0 Å². The van der Waals surface area contributed by atoms with E-state index in [-0.39, 0.29) is 0 Å². The fraction of sp³-hybridized carbons (Fsp3) is 1.00. The van der Waals surface area contributed by atoms with Crippen LogP contribution < -0.4 is 9.80 Å². The van der Waals surface area contributed by atoms with E-state index in [4.69, 9.17) is 0 Å². The van der Waals surface area contributed by atoms with Crippen LogP contribution in [0.1, 0.15) is 13.8 Å². The van der Waals surface area contributed by atoms with E-state index in [0.29, 0.717) is 0 Å². The van der Waals surface area contributed by atoms with E-state index >= 15 is 0 Å². The molecule has 2 heteroatoms. The lowest BCUT2D eigenvalue weighted by Crippen LogP contribution is -3.17. The fourth-order valence-corrected chi connectivity index (χ4v) is 0.780. The van der Waals surface area contributed by atoms with Crippen LogP contribution in [0.15, 0.2) is 0 Å². The van der Waals surface area contributed by atoms with Crippen LogP contribution in [0.5, 0.6) is 0 Å². The molecule has 0 aromatic carbocycles. The van der Waals surface area contributed by atoms with E-state index in [1.54, 1.807) is 9.80 Å². The summed E-state index contributed by atoms with van der Waals surface area (Å²) in [6, 6.07) is 0. The Balaban J connectivity index is 3.17. The molecule has 0 saturated heterocycles. The van der Waals surface area contributed by atoms with Gasteiger partial charge in [0.2, 0.25) is 0 Å². The Labute approximate surface area is 64.8 Å². The van der Waals surface area contributed by atoms with Gasteiger partial charge >= 0.3 is 0 Å². The Kier molecular flexibility index (Phi) is 5.64. The second-order valence-corrected chi connectivity index (χ2v) is 3.12. The number of quaternary nitrogens is 2. The van der Waals surface area contributed by atoms with E-state index in [1.807, 2.05) is 0 Å². The minimum atomic E-state index is 1.25. The van der Waals surface area contributed by atoms with Gasteiger partial charge in [0.25, 0.3) is 0 Å². The number of rotatable bonds is 5. The topological polar surface area (TPSA) is 8.88 Å². The van der Waals surface area contributed by atoms with Gasteiger partial charge in [0, 0.05) is 0 Å². The highest BCUT2D eigenvalue weighted by Gasteiger charge is 2.01. The molecule has 0 aromatic rings. The highest BCUT2D eigenvalue weighted by Crippen LogP contribution is 1.43. The summed E-state index contributed by atoms with van der Waals surface area (Å²) < 4.78 is 0. The summed E-state index contributed by atoms with van der Waals surface area (Å²) in [5, 5.41) is 0. The van der Waals surface area contributed by atoms with Gasteiger partial charge in [-0.05, 0) is 13.8 Å². The maximum absolute atomic E-state index is 2.25. The standard InChI is InChI=1S/C8H20N2/c1-5-9(3)7-8-10(4)6-2/h5-8H2,1-4H3/p+2. The summed E-state index contributed by atoms with van der Waals surface area (Å²) in [5.74, 6) is 0. The lowest BCUT2D eigenvalue weighted by Gasteiger charge is -2.14. The number of hydrogen-bond donors (Lipinski definition) is 2. The summed E-state index contributed by atoms with van der Waals surface area (Å²) in [5.41, 5.74) is 0. The van der Waals surface area contributed by atoms with Gasteiger partial charge in [-0.3, -0.25) is 0 Å². The molecule has 0 amide bonds. The summed E-state index contributed by atoms with van der Waals surface area (Å²) in [4.78, 5) is 3.26. The largest absolute Gasteiger partial charge is 0.333 e. The van der Waals surface area contributed by atoms with Gasteiger partial charge in [-0.25, -0.2) is 0 Å². The smallest absolute Gasteiger partial charge is 0.127 e. The van der Waals surface area contributed by atoms with Gasteiger partial charge in [0.05, 0.1) is 27.2 Å². The zero-order chi connectivity index (χ0) is 7.98. The minimum Gasteiger partial charge on any atom is -0.333 e. The molecule has 62 valence electrons.